The number of aromatic nitrogens is 2. The van der Waals surface area contributed by atoms with Crippen molar-refractivity contribution in [2.24, 2.45) is 0 Å². The zero-order chi connectivity index (χ0) is 11.5. The highest BCUT2D eigenvalue weighted by molar-refractivity contribution is 9.10. The summed E-state index contributed by atoms with van der Waals surface area (Å²) >= 11 is 4.67. The Balaban J connectivity index is 2.28. The van der Waals surface area contributed by atoms with E-state index in [0.717, 1.165) is 9.37 Å². The Kier molecular flexibility index (Phi) is 3.27. The molecular weight excluding hydrogens is 290 g/mol. The number of halogens is 1. The maximum absolute atomic E-state index is 8.83. The molecule has 16 heavy (non-hydrogen) atoms. The van der Waals surface area contributed by atoms with Crippen LogP contribution in [0.2, 0.25) is 0 Å². The third-order valence-corrected chi connectivity index (χ3v) is 2.98. The van der Waals surface area contributed by atoms with Crippen molar-refractivity contribution in [3.05, 3.63) is 34.1 Å². The first kappa shape index (κ1) is 11.2. The van der Waals surface area contributed by atoms with Crippen LogP contribution >= 0.6 is 27.7 Å². The lowest BCUT2D eigenvalue weighted by molar-refractivity contribution is 0.429. The van der Waals surface area contributed by atoms with Crippen molar-refractivity contribution in [1.82, 2.24) is 10.2 Å². The minimum absolute atomic E-state index is 0.472. The van der Waals surface area contributed by atoms with Crippen molar-refractivity contribution in [3.8, 4) is 6.07 Å². The van der Waals surface area contributed by atoms with Crippen LogP contribution in [0.15, 0.2) is 37.2 Å². The second-order valence-corrected chi connectivity index (χ2v) is 4.92. The number of nitriles is 1. The van der Waals surface area contributed by atoms with Gasteiger partial charge in [0.25, 0.3) is 5.22 Å². The molecule has 0 aliphatic rings. The maximum atomic E-state index is 8.83. The van der Waals surface area contributed by atoms with Gasteiger partial charge in [0, 0.05) is 16.3 Å². The van der Waals surface area contributed by atoms with E-state index in [9.17, 15) is 0 Å². The summed E-state index contributed by atoms with van der Waals surface area (Å²) in [6.07, 6.45) is 0. The van der Waals surface area contributed by atoms with Gasteiger partial charge in [0.2, 0.25) is 5.89 Å². The first-order chi connectivity index (χ1) is 7.67. The molecule has 2 aromatic rings. The topological polar surface area (TPSA) is 62.7 Å². The highest BCUT2D eigenvalue weighted by Crippen LogP contribution is 2.29. The molecule has 0 unspecified atom stereocenters. The highest BCUT2D eigenvalue weighted by Gasteiger charge is 2.06. The van der Waals surface area contributed by atoms with Crippen LogP contribution in [-0.2, 0) is 0 Å². The van der Waals surface area contributed by atoms with Crippen LogP contribution in [0.5, 0.6) is 0 Å². The zero-order valence-corrected chi connectivity index (χ0v) is 10.7. The van der Waals surface area contributed by atoms with E-state index in [-0.39, 0.29) is 0 Å². The molecule has 0 spiro atoms. The Hall–Kier alpha value is -1.32. The summed E-state index contributed by atoms with van der Waals surface area (Å²) in [5.41, 5.74) is 0.591. The molecule has 4 nitrogen and oxygen atoms in total. The fourth-order valence-electron chi connectivity index (χ4n) is 1.11. The third-order valence-electron chi connectivity index (χ3n) is 1.71. The maximum Gasteiger partial charge on any atom is 0.281 e. The molecule has 1 aromatic heterocycles. The van der Waals surface area contributed by atoms with Crippen LogP contribution in [0.1, 0.15) is 11.5 Å². The van der Waals surface area contributed by atoms with Gasteiger partial charge in [-0.2, -0.15) is 5.26 Å². The van der Waals surface area contributed by atoms with Crippen molar-refractivity contribution in [2.75, 3.05) is 0 Å². The largest absolute Gasteiger partial charge is 0.416 e. The average Bonchev–Trinajstić information content (AvgIpc) is 2.63. The molecule has 2 rings (SSSR count). The molecule has 0 N–H and O–H groups in total. The van der Waals surface area contributed by atoms with E-state index >= 15 is 0 Å². The van der Waals surface area contributed by atoms with Crippen LogP contribution in [0.4, 0.5) is 0 Å². The molecule has 0 radical (unpaired) electrons. The lowest BCUT2D eigenvalue weighted by Gasteiger charge is -1.98. The lowest BCUT2D eigenvalue weighted by Crippen LogP contribution is -1.79. The second kappa shape index (κ2) is 4.68. The van der Waals surface area contributed by atoms with Gasteiger partial charge in [0.15, 0.2) is 0 Å². The van der Waals surface area contributed by atoms with Crippen molar-refractivity contribution in [2.45, 2.75) is 17.0 Å². The van der Waals surface area contributed by atoms with E-state index in [1.54, 1.807) is 19.1 Å². The molecule has 0 bridgehead atoms. The van der Waals surface area contributed by atoms with Gasteiger partial charge in [0.1, 0.15) is 0 Å². The normalized spacial score (nSPS) is 10.1. The lowest BCUT2D eigenvalue weighted by atomic mass is 10.2. The van der Waals surface area contributed by atoms with Gasteiger partial charge in [0.05, 0.1) is 11.6 Å². The van der Waals surface area contributed by atoms with E-state index in [2.05, 4.69) is 32.2 Å². The Morgan fingerprint density at radius 2 is 2.19 bits per heavy atom. The standard InChI is InChI=1S/C10H6BrN3OS/c1-6-13-14-10(15-6)16-9-3-7(5-12)2-8(11)4-9/h2-4H,1H3. The second-order valence-electron chi connectivity index (χ2n) is 2.98. The number of hydrogen-bond donors (Lipinski definition) is 0. The Morgan fingerprint density at radius 1 is 1.38 bits per heavy atom. The number of hydrogen-bond acceptors (Lipinski definition) is 5. The summed E-state index contributed by atoms with van der Waals surface area (Å²) in [6.45, 7) is 1.73. The van der Waals surface area contributed by atoms with E-state index in [0.29, 0.717) is 16.7 Å². The minimum atomic E-state index is 0.472. The molecule has 1 aromatic carbocycles. The van der Waals surface area contributed by atoms with Gasteiger partial charge in [-0.15, -0.1) is 10.2 Å². The van der Waals surface area contributed by atoms with Crippen LogP contribution in [0.3, 0.4) is 0 Å². The summed E-state index contributed by atoms with van der Waals surface area (Å²) in [5, 5.41) is 16.9. The molecule has 80 valence electrons. The van der Waals surface area contributed by atoms with Crippen molar-refractivity contribution >= 4 is 27.7 Å². The Bertz CT molecular complexity index is 561. The molecule has 1 heterocycles. The summed E-state index contributed by atoms with van der Waals surface area (Å²) in [6, 6.07) is 7.51. The van der Waals surface area contributed by atoms with Gasteiger partial charge in [-0.05, 0) is 30.0 Å². The predicted octanol–water partition coefficient (Wildman–Crippen LogP) is 3.16. The zero-order valence-electron chi connectivity index (χ0n) is 8.27. The molecule has 6 heteroatoms. The fraction of sp³-hybridized carbons (Fsp3) is 0.100. The highest BCUT2D eigenvalue weighted by atomic mass is 79.9. The molecule has 0 aliphatic carbocycles. The predicted molar refractivity (Wildman–Crippen MR) is 62.0 cm³/mol. The monoisotopic (exact) mass is 295 g/mol. The van der Waals surface area contributed by atoms with Gasteiger partial charge in [-0.1, -0.05) is 15.9 Å². The molecule has 0 atom stereocenters. The molecule has 0 saturated heterocycles. The quantitative estimate of drug-likeness (QED) is 0.851. The number of benzene rings is 1. The number of nitrogens with zero attached hydrogens (tertiary/aromatic N) is 3. The smallest absolute Gasteiger partial charge is 0.281 e. The van der Waals surface area contributed by atoms with Crippen LogP contribution in [0, 0.1) is 18.3 Å². The Labute approximate surface area is 105 Å². The van der Waals surface area contributed by atoms with E-state index in [1.807, 2.05) is 6.07 Å². The fourth-order valence-corrected chi connectivity index (χ4v) is 2.57. The average molecular weight is 296 g/mol. The van der Waals surface area contributed by atoms with Crippen molar-refractivity contribution in [3.63, 3.8) is 0 Å². The third kappa shape index (κ3) is 2.62. The van der Waals surface area contributed by atoms with Crippen LogP contribution in [0.25, 0.3) is 0 Å². The summed E-state index contributed by atoms with van der Waals surface area (Å²) in [4.78, 5) is 0.884. The summed E-state index contributed by atoms with van der Waals surface area (Å²) in [7, 11) is 0. The van der Waals surface area contributed by atoms with Crippen molar-refractivity contribution in [1.29, 1.82) is 5.26 Å². The van der Waals surface area contributed by atoms with Crippen LogP contribution in [-0.4, -0.2) is 10.2 Å². The molecular formula is C10H6BrN3OS. The summed E-state index contributed by atoms with van der Waals surface area (Å²) in [5.74, 6) is 0.526. The first-order valence-corrected chi connectivity index (χ1v) is 5.97. The number of aryl methyl sites for hydroxylation is 1. The van der Waals surface area contributed by atoms with Gasteiger partial charge in [-0.25, -0.2) is 0 Å². The van der Waals surface area contributed by atoms with Gasteiger partial charge >= 0.3 is 0 Å². The van der Waals surface area contributed by atoms with Gasteiger partial charge in [-0.3, -0.25) is 0 Å². The molecule has 0 saturated carbocycles. The van der Waals surface area contributed by atoms with E-state index < -0.39 is 0 Å². The SMILES string of the molecule is Cc1nnc(Sc2cc(Br)cc(C#N)c2)o1. The van der Waals surface area contributed by atoms with Gasteiger partial charge < -0.3 is 4.42 Å². The molecule has 0 amide bonds. The molecule has 0 aliphatic heterocycles. The van der Waals surface area contributed by atoms with E-state index in [4.69, 9.17) is 9.68 Å². The first-order valence-electron chi connectivity index (χ1n) is 4.36. The summed E-state index contributed by atoms with van der Waals surface area (Å²) < 4.78 is 6.10. The van der Waals surface area contributed by atoms with Crippen LogP contribution < -0.4 is 0 Å². The van der Waals surface area contributed by atoms with E-state index in [1.165, 1.54) is 11.8 Å². The Morgan fingerprint density at radius 3 is 2.81 bits per heavy atom. The number of rotatable bonds is 2. The minimum Gasteiger partial charge on any atom is -0.416 e. The van der Waals surface area contributed by atoms with Crippen molar-refractivity contribution < 1.29 is 4.42 Å². The molecule has 0 fully saturated rings.